The number of halogens is 2. The van der Waals surface area contributed by atoms with E-state index in [0.717, 1.165) is 5.56 Å². The quantitative estimate of drug-likeness (QED) is 0.500. The highest BCUT2D eigenvalue weighted by Gasteiger charge is 2.26. The fourth-order valence-corrected chi connectivity index (χ4v) is 4.43. The highest BCUT2D eigenvalue weighted by Crippen LogP contribution is 2.26. The molecule has 8 nitrogen and oxygen atoms in total. The minimum absolute atomic E-state index is 0.0760. The number of piperazine rings is 1. The number of rotatable bonds is 4. The van der Waals surface area contributed by atoms with Crippen molar-refractivity contribution in [1.82, 2.24) is 19.1 Å². The van der Waals surface area contributed by atoms with Crippen LogP contribution in [0.2, 0.25) is 0 Å². The van der Waals surface area contributed by atoms with E-state index in [-0.39, 0.29) is 23.5 Å². The molecule has 0 bridgehead atoms. The maximum absolute atomic E-state index is 14.5. The van der Waals surface area contributed by atoms with Gasteiger partial charge in [0.2, 0.25) is 5.95 Å². The van der Waals surface area contributed by atoms with Crippen molar-refractivity contribution in [3.63, 3.8) is 0 Å². The van der Waals surface area contributed by atoms with Gasteiger partial charge >= 0.3 is 5.69 Å². The van der Waals surface area contributed by atoms with Gasteiger partial charge in [0, 0.05) is 38.8 Å². The monoisotopic (exact) mass is 466 g/mol. The first kappa shape index (κ1) is 21.9. The van der Waals surface area contributed by atoms with Crippen LogP contribution in [0.5, 0.6) is 0 Å². The number of aryl methyl sites for hydroxylation is 2. The van der Waals surface area contributed by atoms with Gasteiger partial charge in [-0.05, 0) is 30.7 Å². The molecular formula is C24H24F2N6O2. The van der Waals surface area contributed by atoms with Gasteiger partial charge in [-0.1, -0.05) is 24.3 Å². The average Bonchev–Trinajstić information content (AvgIpc) is 3.19. The Morgan fingerprint density at radius 3 is 2.38 bits per heavy atom. The second kappa shape index (κ2) is 8.44. The molecule has 2 aromatic carbocycles. The van der Waals surface area contributed by atoms with Gasteiger partial charge in [0.15, 0.2) is 11.2 Å². The Morgan fingerprint density at radius 2 is 1.68 bits per heavy atom. The number of H-pyrrole nitrogens is 1. The Labute approximate surface area is 193 Å². The highest BCUT2D eigenvalue weighted by molar-refractivity contribution is 5.74. The molecule has 0 amide bonds. The highest BCUT2D eigenvalue weighted by atomic mass is 19.1. The van der Waals surface area contributed by atoms with Crippen molar-refractivity contribution in [2.24, 2.45) is 7.05 Å². The van der Waals surface area contributed by atoms with Crippen LogP contribution in [-0.2, 0) is 13.6 Å². The summed E-state index contributed by atoms with van der Waals surface area (Å²) in [6, 6.07) is 11.5. The van der Waals surface area contributed by atoms with Crippen LogP contribution in [-0.4, -0.2) is 45.3 Å². The molecule has 10 heteroatoms. The Hall–Kier alpha value is -3.95. The predicted octanol–water partition coefficient (Wildman–Crippen LogP) is 2.38. The normalized spacial score (nSPS) is 14.2. The fourth-order valence-electron chi connectivity index (χ4n) is 4.43. The lowest BCUT2D eigenvalue weighted by Crippen LogP contribution is -2.47. The smallest absolute Gasteiger partial charge is 0.329 e. The van der Waals surface area contributed by atoms with Gasteiger partial charge in [-0.25, -0.2) is 13.6 Å². The molecule has 34 heavy (non-hydrogen) atoms. The molecule has 0 saturated carbocycles. The molecule has 4 aromatic rings. The third-order valence-corrected chi connectivity index (χ3v) is 6.28. The fraction of sp³-hybridized carbons (Fsp3) is 0.292. The van der Waals surface area contributed by atoms with Gasteiger partial charge in [0.1, 0.15) is 11.6 Å². The van der Waals surface area contributed by atoms with Crippen LogP contribution in [0.4, 0.5) is 20.4 Å². The molecule has 1 aliphatic rings. The summed E-state index contributed by atoms with van der Waals surface area (Å²) in [5.41, 5.74) is 1.09. The Balaban J connectivity index is 1.54. The number of fused-ring (bicyclic) bond motifs is 1. The molecular weight excluding hydrogens is 442 g/mol. The van der Waals surface area contributed by atoms with E-state index in [4.69, 9.17) is 0 Å². The van der Waals surface area contributed by atoms with Crippen molar-refractivity contribution in [3.8, 4) is 0 Å². The van der Waals surface area contributed by atoms with Crippen molar-refractivity contribution < 1.29 is 8.78 Å². The predicted molar refractivity (Wildman–Crippen MR) is 127 cm³/mol. The first-order chi connectivity index (χ1) is 16.3. The van der Waals surface area contributed by atoms with Gasteiger partial charge in [0.05, 0.1) is 12.2 Å². The number of nitrogens with one attached hydrogen (secondary N) is 1. The van der Waals surface area contributed by atoms with Crippen LogP contribution in [0.1, 0.15) is 11.1 Å². The van der Waals surface area contributed by atoms with E-state index >= 15 is 0 Å². The van der Waals surface area contributed by atoms with Gasteiger partial charge in [0.25, 0.3) is 5.56 Å². The van der Waals surface area contributed by atoms with Crippen molar-refractivity contribution in [2.75, 3.05) is 36.0 Å². The molecule has 0 unspecified atom stereocenters. The number of nitrogens with zero attached hydrogens (tertiary/aromatic N) is 5. The molecule has 1 fully saturated rings. The lowest BCUT2D eigenvalue weighted by Gasteiger charge is -2.37. The van der Waals surface area contributed by atoms with Gasteiger partial charge in [-0.2, -0.15) is 4.98 Å². The molecule has 176 valence electrons. The van der Waals surface area contributed by atoms with Crippen LogP contribution in [0, 0.1) is 18.6 Å². The average molecular weight is 466 g/mol. The zero-order valence-corrected chi connectivity index (χ0v) is 18.9. The van der Waals surface area contributed by atoms with E-state index in [1.807, 2.05) is 22.8 Å². The van der Waals surface area contributed by atoms with E-state index in [1.165, 1.54) is 23.7 Å². The summed E-state index contributed by atoms with van der Waals surface area (Å²) in [6.07, 6.45) is 0. The van der Waals surface area contributed by atoms with Crippen molar-refractivity contribution in [3.05, 3.63) is 86.1 Å². The van der Waals surface area contributed by atoms with Crippen molar-refractivity contribution in [1.29, 1.82) is 0 Å². The topological polar surface area (TPSA) is 79.2 Å². The molecule has 5 rings (SSSR count). The second-order valence-electron chi connectivity index (χ2n) is 8.51. The van der Waals surface area contributed by atoms with E-state index in [0.29, 0.717) is 43.4 Å². The number of imidazole rings is 1. The number of hydrogen-bond acceptors (Lipinski definition) is 5. The van der Waals surface area contributed by atoms with E-state index < -0.39 is 17.1 Å². The number of aromatic amines is 1. The summed E-state index contributed by atoms with van der Waals surface area (Å²) in [5, 5.41) is 0. The number of benzene rings is 2. The van der Waals surface area contributed by atoms with Gasteiger partial charge < -0.3 is 9.80 Å². The number of anilines is 2. The Kier molecular flexibility index (Phi) is 5.43. The molecule has 1 aliphatic heterocycles. The number of aromatic nitrogens is 4. The minimum Gasteiger partial charge on any atom is -0.366 e. The molecule has 0 aliphatic carbocycles. The first-order valence-corrected chi connectivity index (χ1v) is 11.0. The Bertz CT molecular complexity index is 1500. The molecule has 3 heterocycles. The van der Waals surface area contributed by atoms with Gasteiger partial charge in [-0.3, -0.25) is 18.9 Å². The second-order valence-corrected chi connectivity index (χ2v) is 8.51. The van der Waals surface area contributed by atoms with E-state index in [9.17, 15) is 18.4 Å². The zero-order chi connectivity index (χ0) is 24.0. The summed E-state index contributed by atoms with van der Waals surface area (Å²) in [7, 11) is 1.53. The summed E-state index contributed by atoms with van der Waals surface area (Å²) in [6.45, 7) is 4.03. The van der Waals surface area contributed by atoms with Crippen LogP contribution in [0.25, 0.3) is 11.2 Å². The molecule has 1 saturated heterocycles. The zero-order valence-electron chi connectivity index (χ0n) is 18.9. The summed E-state index contributed by atoms with van der Waals surface area (Å²) >= 11 is 0. The maximum Gasteiger partial charge on any atom is 0.329 e. The molecule has 0 radical (unpaired) electrons. The van der Waals surface area contributed by atoms with Crippen LogP contribution in [0.3, 0.4) is 0 Å². The summed E-state index contributed by atoms with van der Waals surface area (Å²) in [4.78, 5) is 35.8. The summed E-state index contributed by atoms with van der Waals surface area (Å²) in [5.74, 6) is -0.188. The van der Waals surface area contributed by atoms with Crippen LogP contribution < -0.4 is 21.0 Å². The number of hydrogen-bond donors (Lipinski definition) is 1. The van der Waals surface area contributed by atoms with Crippen LogP contribution in [0.15, 0.2) is 52.1 Å². The van der Waals surface area contributed by atoms with Gasteiger partial charge in [-0.15, -0.1) is 0 Å². The molecule has 0 spiro atoms. The Morgan fingerprint density at radius 1 is 0.971 bits per heavy atom. The van der Waals surface area contributed by atoms with Crippen molar-refractivity contribution >= 4 is 22.8 Å². The lowest BCUT2D eigenvalue weighted by atomic mass is 10.2. The molecule has 1 N–H and O–H groups in total. The van der Waals surface area contributed by atoms with E-state index in [1.54, 1.807) is 28.8 Å². The largest absolute Gasteiger partial charge is 0.366 e. The van der Waals surface area contributed by atoms with Crippen LogP contribution >= 0.6 is 0 Å². The molecule has 0 atom stereocenters. The minimum atomic E-state index is -0.575. The third kappa shape index (κ3) is 3.74. The van der Waals surface area contributed by atoms with E-state index in [2.05, 4.69) is 9.97 Å². The summed E-state index contributed by atoms with van der Waals surface area (Å²) < 4.78 is 31.9. The maximum atomic E-state index is 14.5. The van der Waals surface area contributed by atoms with Crippen molar-refractivity contribution in [2.45, 2.75) is 13.5 Å². The standard InChI is InChI=1S/C24H24F2N6O2/c1-15-7-8-19(18(26)13-15)30-9-11-31(12-10-30)23-27-21-20(22(33)28-24(34)29(21)2)32(23)14-16-5-3-4-6-17(16)25/h3-8,13H,9-12,14H2,1-2H3,(H,28,33,34). The SMILES string of the molecule is Cc1ccc(N2CCN(c3nc4c(c(=O)[nH]c(=O)n4C)n3Cc3ccccc3F)CC2)c(F)c1. The first-order valence-electron chi connectivity index (χ1n) is 11.0. The lowest BCUT2D eigenvalue weighted by molar-refractivity contribution is 0.582. The molecule has 2 aromatic heterocycles. The third-order valence-electron chi connectivity index (χ3n) is 6.28.